The number of carbonyl (C=O) groups excluding carboxylic acids is 1. The molecule has 0 unspecified atom stereocenters. The van der Waals surface area contributed by atoms with E-state index in [9.17, 15) is 4.79 Å². The van der Waals surface area contributed by atoms with Crippen LogP contribution < -0.4 is 15.2 Å². The molecule has 0 bridgehead atoms. The zero-order chi connectivity index (χ0) is 14.6. The second-order valence-electron chi connectivity index (χ2n) is 4.41. The minimum atomic E-state index is -0.179. The maximum absolute atomic E-state index is 12.3. The van der Waals surface area contributed by atoms with E-state index >= 15 is 0 Å². The Morgan fingerprint density at radius 1 is 1.32 bits per heavy atom. The van der Waals surface area contributed by atoms with Crippen LogP contribution in [0.2, 0.25) is 0 Å². The summed E-state index contributed by atoms with van der Waals surface area (Å²) in [6.45, 7) is 6.13. The van der Waals surface area contributed by atoms with Gasteiger partial charge in [-0.15, -0.1) is 0 Å². The standard InChI is InChI=1S/C14H20N2O3/c1-9(2)8-16(3)14(17)10-6-12(18-4)13(19-5)7-11(10)15/h6-7H,1,8,15H2,2-5H3. The topological polar surface area (TPSA) is 64.8 Å². The average Bonchev–Trinajstić information content (AvgIpc) is 2.36. The predicted octanol–water partition coefficient (Wildman–Crippen LogP) is 1.93. The smallest absolute Gasteiger partial charge is 0.256 e. The van der Waals surface area contributed by atoms with Crippen molar-refractivity contribution in [1.29, 1.82) is 0 Å². The van der Waals surface area contributed by atoms with Crippen LogP contribution >= 0.6 is 0 Å². The number of likely N-dealkylation sites (N-methyl/N-ethyl adjacent to an activating group) is 1. The zero-order valence-electron chi connectivity index (χ0n) is 11.8. The Bertz CT molecular complexity index is 498. The molecule has 2 N–H and O–H groups in total. The van der Waals surface area contributed by atoms with Gasteiger partial charge in [0.2, 0.25) is 0 Å². The molecule has 0 atom stereocenters. The summed E-state index contributed by atoms with van der Waals surface area (Å²) in [6.07, 6.45) is 0. The number of methoxy groups -OCH3 is 2. The van der Waals surface area contributed by atoms with Gasteiger partial charge in [-0.05, 0) is 13.0 Å². The molecule has 5 nitrogen and oxygen atoms in total. The first-order valence-electron chi connectivity index (χ1n) is 5.82. The Balaban J connectivity index is 3.13. The van der Waals surface area contributed by atoms with Crippen LogP contribution in [0.4, 0.5) is 5.69 Å². The highest BCUT2D eigenvalue weighted by Crippen LogP contribution is 2.32. The van der Waals surface area contributed by atoms with Crippen molar-refractivity contribution in [2.75, 3.05) is 33.5 Å². The maximum atomic E-state index is 12.3. The minimum Gasteiger partial charge on any atom is -0.493 e. The van der Waals surface area contributed by atoms with E-state index in [0.717, 1.165) is 5.57 Å². The summed E-state index contributed by atoms with van der Waals surface area (Å²) in [5, 5.41) is 0. The van der Waals surface area contributed by atoms with Crippen LogP contribution in [0.3, 0.4) is 0 Å². The molecule has 104 valence electrons. The summed E-state index contributed by atoms with van der Waals surface area (Å²) in [6, 6.07) is 3.17. The Hall–Kier alpha value is -2.17. The quantitative estimate of drug-likeness (QED) is 0.652. The number of nitrogen functional groups attached to an aromatic ring is 1. The molecule has 0 aliphatic rings. The van der Waals surface area contributed by atoms with E-state index < -0.39 is 0 Å². The number of nitrogens with zero attached hydrogens (tertiary/aromatic N) is 1. The molecule has 0 aliphatic carbocycles. The summed E-state index contributed by atoms with van der Waals surface area (Å²) < 4.78 is 10.3. The Morgan fingerprint density at radius 2 is 1.84 bits per heavy atom. The second kappa shape index (κ2) is 6.13. The summed E-state index contributed by atoms with van der Waals surface area (Å²) in [5.41, 5.74) is 7.53. The predicted molar refractivity (Wildman–Crippen MR) is 75.7 cm³/mol. The monoisotopic (exact) mass is 264 g/mol. The first-order chi connectivity index (χ1) is 8.90. The van der Waals surface area contributed by atoms with Gasteiger partial charge >= 0.3 is 0 Å². The third-order valence-electron chi connectivity index (χ3n) is 2.64. The van der Waals surface area contributed by atoms with Gasteiger partial charge in [-0.25, -0.2) is 0 Å². The van der Waals surface area contributed by atoms with E-state index in [4.69, 9.17) is 15.2 Å². The van der Waals surface area contributed by atoms with Gasteiger partial charge in [0.05, 0.1) is 19.8 Å². The maximum Gasteiger partial charge on any atom is 0.256 e. The molecule has 1 rings (SSSR count). The van der Waals surface area contributed by atoms with Crippen molar-refractivity contribution in [1.82, 2.24) is 4.90 Å². The van der Waals surface area contributed by atoms with E-state index in [0.29, 0.717) is 29.3 Å². The van der Waals surface area contributed by atoms with Gasteiger partial charge in [0.1, 0.15) is 0 Å². The largest absolute Gasteiger partial charge is 0.493 e. The number of rotatable bonds is 5. The number of amides is 1. The normalized spacial score (nSPS) is 9.89. The molecule has 1 aromatic carbocycles. The molecule has 0 aromatic heterocycles. The van der Waals surface area contributed by atoms with Crippen LogP contribution in [-0.4, -0.2) is 38.6 Å². The average molecular weight is 264 g/mol. The lowest BCUT2D eigenvalue weighted by Gasteiger charge is -2.19. The minimum absolute atomic E-state index is 0.179. The van der Waals surface area contributed by atoms with Crippen LogP contribution in [-0.2, 0) is 0 Å². The van der Waals surface area contributed by atoms with Gasteiger partial charge in [0.15, 0.2) is 11.5 Å². The first-order valence-corrected chi connectivity index (χ1v) is 5.82. The molecule has 0 fully saturated rings. The van der Waals surface area contributed by atoms with Crippen molar-refractivity contribution in [3.8, 4) is 11.5 Å². The molecular formula is C14H20N2O3. The van der Waals surface area contributed by atoms with Gasteiger partial charge in [-0.1, -0.05) is 12.2 Å². The van der Waals surface area contributed by atoms with Crippen LogP contribution in [0.5, 0.6) is 11.5 Å². The van der Waals surface area contributed by atoms with E-state index in [1.807, 2.05) is 6.92 Å². The highest BCUT2D eigenvalue weighted by Gasteiger charge is 2.18. The van der Waals surface area contributed by atoms with E-state index in [1.165, 1.54) is 14.2 Å². The van der Waals surface area contributed by atoms with Gasteiger partial charge in [-0.3, -0.25) is 4.79 Å². The van der Waals surface area contributed by atoms with Crippen LogP contribution in [0.25, 0.3) is 0 Å². The number of carbonyl (C=O) groups is 1. The lowest BCUT2D eigenvalue weighted by Crippen LogP contribution is -2.28. The third-order valence-corrected chi connectivity index (χ3v) is 2.64. The SMILES string of the molecule is C=C(C)CN(C)C(=O)c1cc(OC)c(OC)cc1N. The molecule has 1 aromatic rings. The highest BCUT2D eigenvalue weighted by atomic mass is 16.5. The number of hydrogen-bond donors (Lipinski definition) is 1. The fraction of sp³-hybridized carbons (Fsp3) is 0.357. The molecule has 19 heavy (non-hydrogen) atoms. The zero-order valence-corrected chi connectivity index (χ0v) is 11.8. The molecule has 0 saturated heterocycles. The van der Waals surface area contributed by atoms with Crippen LogP contribution in [0.1, 0.15) is 17.3 Å². The number of hydrogen-bond acceptors (Lipinski definition) is 4. The Labute approximate surface area is 113 Å². The van der Waals surface area contributed by atoms with Gasteiger partial charge in [-0.2, -0.15) is 0 Å². The van der Waals surface area contributed by atoms with E-state index in [2.05, 4.69) is 6.58 Å². The van der Waals surface area contributed by atoms with Gasteiger partial charge in [0.25, 0.3) is 5.91 Å². The number of benzene rings is 1. The fourth-order valence-electron chi connectivity index (χ4n) is 1.76. The Morgan fingerprint density at radius 3 is 2.32 bits per heavy atom. The van der Waals surface area contributed by atoms with Crippen molar-refractivity contribution < 1.29 is 14.3 Å². The summed E-state index contributed by atoms with van der Waals surface area (Å²) >= 11 is 0. The number of anilines is 1. The summed E-state index contributed by atoms with van der Waals surface area (Å²) in [7, 11) is 4.74. The third kappa shape index (κ3) is 3.40. The number of nitrogens with two attached hydrogens (primary N) is 1. The summed E-state index contributed by atoms with van der Waals surface area (Å²) in [5.74, 6) is 0.796. The molecule has 5 heteroatoms. The van der Waals surface area contributed by atoms with Crippen LogP contribution in [0.15, 0.2) is 24.3 Å². The van der Waals surface area contributed by atoms with Crippen molar-refractivity contribution in [3.05, 3.63) is 29.8 Å². The van der Waals surface area contributed by atoms with Crippen molar-refractivity contribution >= 4 is 11.6 Å². The van der Waals surface area contributed by atoms with E-state index in [1.54, 1.807) is 24.1 Å². The molecular weight excluding hydrogens is 244 g/mol. The molecule has 1 amide bonds. The fourth-order valence-corrected chi connectivity index (χ4v) is 1.76. The van der Waals surface area contributed by atoms with E-state index in [-0.39, 0.29) is 5.91 Å². The molecule has 0 radical (unpaired) electrons. The Kier molecular flexibility index (Phi) is 4.80. The second-order valence-corrected chi connectivity index (χ2v) is 4.41. The van der Waals surface area contributed by atoms with Crippen molar-refractivity contribution in [2.45, 2.75) is 6.92 Å². The first kappa shape index (κ1) is 14.9. The number of ether oxygens (including phenoxy) is 2. The van der Waals surface area contributed by atoms with Crippen molar-refractivity contribution in [3.63, 3.8) is 0 Å². The summed E-state index contributed by atoms with van der Waals surface area (Å²) in [4.78, 5) is 13.8. The molecule has 0 aliphatic heterocycles. The van der Waals surface area contributed by atoms with Crippen LogP contribution in [0, 0.1) is 0 Å². The highest BCUT2D eigenvalue weighted by molar-refractivity contribution is 6.00. The lowest BCUT2D eigenvalue weighted by atomic mass is 10.1. The molecule has 0 spiro atoms. The van der Waals surface area contributed by atoms with Gasteiger partial charge < -0.3 is 20.1 Å². The molecule has 0 heterocycles. The molecule has 0 saturated carbocycles. The van der Waals surface area contributed by atoms with Gasteiger partial charge in [0, 0.05) is 25.3 Å². The van der Waals surface area contributed by atoms with Crippen molar-refractivity contribution in [2.24, 2.45) is 0 Å². The lowest BCUT2D eigenvalue weighted by molar-refractivity contribution is 0.0807.